The van der Waals surface area contributed by atoms with Crippen LogP contribution in [0, 0.1) is 11.8 Å². The molecule has 2 bridgehead atoms. The smallest absolute Gasteiger partial charge is 0.147 e. The lowest BCUT2D eigenvalue weighted by Crippen LogP contribution is -2.23. The number of hydrogen-bond acceptors (Lipinski definition) is 2. The second kappa shape index (κ2) is 2.70. The van der Waals surface area contributed by atoms with Crippen molar-refractivity contribution in [3.05, 3.63) is 23.3 Å². The van der Waals surface area contributed by atoms with E-state index in [-0.39, 0.29) is 11.8 Å². The predicted molar refractivity (Wildman–Crippen MR) is 44.5 cm³/mol. The molecule has 0 unspecified atom stereocenters. The minimum Gasteiger partial charge on any atom is -0.298 e. The fourth-order valence-electron chi connectivity index (χ4n) is 2.08. The Morgan fingerprint density at radius 3 is 1.67 bits per heavy atom. The highest BCUT2D eigenvalue weighted by Crippen LogP contribution is 2.38. The minimum absolute atomic E-state index is 0.215. The third-order valence-corrected chi connectivity index (χ3v) is 2.75. The van der Waals surface area contributed by atoms with Crippen LogP contribution in [0.15, 0.2) is 23.3 Å². The summed E-state index contributed by atoms with van der Waals surface area (Å²) in [7, 11) is 0. The highest BCUT2D eigenvalue weighted by atomic mass is 16.1. The number of fused-ring (bicyclic) bond motifs is 1. The molecular formula is C10H10O2. The van der Waals surface area contributed by atoms with E-state index in [2.05, 4.69) is 0 Å². The molecule has 0 aromatic carbocycles. The Balaban J connectivity index is 2.47. The van der Waals surface area contributed by atoms with Crippen LogP contribution in [0.2, 0.25) is 0 Å². The summed E-state index contributed by atoms with van der Waals surface area (Å²) in [5, 5.41) is 0. The van der Waals surface area contributed by atoms with Gasteiger partial charge in [-0.1, -0.05) is 12.2 Å². The monoisotopic (exact) mass is 162 g/mol. The van der Waals surface area contributed by atoms with Gasteiger partial charge in [0.2, 0.25) is 0 Å². The summed E-state index contributed by atoms with van der Waals surface area (Å²) in [6, 6.07) is 0. The van der Waals surface area contributed by atoms with Crippen LogP contribution in [0.5, 0.6) is 0 Å². The minimum atomic E-state index is 0.215. The van der Waals surface area contributed by atoms with Gasteiger partial charge in [0.05, 0.1) is 0 Å². The van der Waals surface area contributed by atoms with Crippen molar-refractivity contribution >= 4 is 12.6 Å². The Hall–Kier alpha value is -1.18. The molecule has 2 heteroatoms. The van der Waals surface area contributed by atoms with Crippen LogP contribution in [0.4, 0.5) is 0 Å². The number of allylic oxidation sites excluding steroid dienone is 4. The molecular weight excluding hydrogens is 152 g/mol. The lowest BCUT2D eigenvalue weighted by atomic mass is 9.72. The van der Waals surface area contributed by atoms with Crippen LogP contribution in [-0.4, -0.2) is 12.6 Å². The van der Waals surface area contributed by atoms with E-state index < -0.39 is 0 Å². The van der Waals surface area contributed by atoms with Crippen molar-refractivity contribution < 1.29 is 9.59 Å². The first-order chi connectivity index (χ1) is 5.86. The van der Waals surface area contributed by atoms with Crippen LogP contribution < -0.4 is 0 Å². The standard InChI is InChI=1S/C10H10O2/c11-5-9-7-1-2-8(4-3-7)10(9)6-12/h1-2,5-8H,3-4H2/t7-,8+. The summed E-state index contributed by atoms with van der Waals surface area (Å²) >= 11 is 0. The van der Waals surface area contributed by atoms with Gasteiger partial charge in [-0.3, -0.25) is 9.59 Å². The Labute approximate surface area is 71.0 Å². The van der Waals surface area contributed by atoms with E-state index in [1.807, 2.05) is 12.2 Å². The van der Waals surface area contributed by atoms with Crippen molar-refractivity contribution in [1.29, 1.82) is 0 Å². The van der Waals surface area contributed by atoms with E-state index in [1.54, 1.807) is 0 Å². The molecule has 0 saturated carbocycles. The number of carbonyl (C=O) groups is 2. The Kier molecular flexibility index (Phi) is 1.68. The van der Waals surface area contributed by atoms with E-state index >= 15 is 0 Å². The average molecular weight is 162 g/mol. The molecule has 2 atom stereocenters. The van der Waals surface area contributed by atoms with Crippen LogP contribution in [0.1, 0.15) is 12.8 Å². The maximum Gasteiger partial charge on any atom is 0.147 e. The molecule has 0 spiro atoms. The van der Waals surface area contributed by atoms with Gasteiger partial charge in [-0.05, 0) is 12.8 Å². The number of carbonyl (C=O) groups excluding carboxylic acids is 2. The van der Waals surface area contributed by atoms with Crippen molar-refractivity contribution in [3.8, 4) is 0 Å². The van der Waals surface area contributed by atoms with Crippen molar-refractivity contribution in [1.82, 2.24) is 0 Å². The van der Waals surface area contributed by atoms with E-state index in [9.17, 15) is 9.59 Å². The van der Waals surface area contributed by atoms with Crippen LogP contribution in [0.3, 0.4) is 0 Å². The summed E-state index contributed by atoms with van der Waals surface area (Å²) < 4.78 is 0. The molecule has 3 rings (SSSR count). The molecule has 0 fully saturated rings. The molecule has 0 N–H and O–H groups in total. The number of aldehydes is 2. The second-order valence-corrected chi connectivity index (χ2v) is 3.32. The highest BCUT2D eigenvalue weighted by molar-refractivity contribution is 5.89. The summed E-state index contributed by atoms with van der Waals surface area (Å²) in [4.78, 5) is 21.3. The second-order valence-electron chi connectivity index (χ2n) is 3.32. The van der Waals surface area contributed by atoms with Gasteiger partial charge in [0.15, 0.2) is 0 Å². The van der Waals surface area contributed by atoms with Gasteiger partial charge in [0.25, 0.3) is 0 Å². The lowest BCUT2D eigenvalue weighted by Gasteiger charge is -2.31. The van der Waals surface area contributed by atoms with Gasteiger partial charge in [-0.2, -0.15) is 0 Å². The molecule has 0 amide bonds. The van der Waals surface area contributed by atoms with E-state index in [1.165, 1.54) is 0 Å². The van der Waals surface area contributed by atoms with Crippen molar-refractivity contribution in [2.45, 2.75) is 12.8 Å². The fourth-order valence-corrected chi connectivity index (χ4v) is 2.08. The SMILES string of the molecule is O=CC1=C(C=O)[C@H]2C=C[C@@H]1CC2. The molecule has 0 saturated heterocycles. The zero-order chi connectivity index (χ0) is 8.55. The quantitative estimate of drug-likeness (QED) is 0.452. The first kappa shape index (κ1) is 7.47. The molecule has 0 aromatic heterocycles. The van der Waals surface area contributed by atoms with E-state index in [0.29, 0.717) is 11.1 Å². The number of hydrogen-bond donors (Lipinski definition) is 0. The molecule has 0 heterocycles. The summed E-state index contributed by atoms with van der Waals surface area (Å²) in [6.07, 6.45) is 7.81. The highest BCUT2D eigenvalue weighted by Gasteiger charge is 2.30. The average Bonchev–Trinajstić information content (AvgIpc) is 2.18. The van der Waals surface area contributed by atoms with Crippen LogP contribution >= 0.6 is 0 Å². The maximum absolute atomic E-state index is 10.7. The predicted octanol–water partition coefficient (Wildman–Crippen LogP) is 1.28. The summed E-state index contributed by atoms with van der Waals surface area (Å²) in [5.74, 6) is 0.431. The van der Waals surface area contributed by atoms with Crippen molar-refractivity contribution in [2.75, 3.05) is 0 Å². The third kappa shape index (κ3) is 0.876. The Morgan fingerprint density at radius 2 is 1.42 bits per heavy atom. The first-order valence-corrected chi connectivity index (χ1v) is 4.19. The van der Waals surface area contributed by atoms with Crippen molar-refractivity contribution in [3.63, 3.8) is 0 Å². The summed E-state index contributed by atoms with van der Waals surface area (Å²) in [6.45, 7) is 0. The van der Waals surface area contributed by atoms with Gasteiger partial charge in [0, 0.05) is 23.0 Å². The van der Waals surface area contributed by atoms with Crippen molar-refractivity contribution in [2.24, 2.45) is 11.8 Å². The van der Waals surface area contributed by atoms with Gasteiger partial charge in [0.1, 0.15) is 12.6 Å². The maximum atomic E-state index is 10.7. The topological polar surface area (TPSA) is 34.1 Å². The largest absolute Gasteiger partial charge is 0.298 e. The number of rotatable bonds is 2. The van der Waals surface area contributed by atoms with E-state index in [4.69, 9.17) is 0 Å². The molecule has 2 nitrogen and oxygen atoms in total. The summed E-state index contributed by atoms with van der Waals surface area (Å²) in [5.41, 5.74) is 1.42. The fraction of sp³-hybridized carbons (Fsp3) is 0.400. The van der Waals surface area contributed by atoms with Gasteiger partial charge >= 0.3 is 0 Å². The molecule has 62 valence electrons. The molecule has 3 aliphatic carbocycles. The Bertz CT molecular complexity index is 258. The molecule has 0 radical (unpaired) electrons. The lowest BCUT2D eigenvalue weighted by molar-refractivity contribution is -0.108. The van der Waals surface area contributed by atoms with E-state index in [0.717, 1.165) is 25.4 Å². The Morgan fingerprint density at radius 1 is 1.00 bits per heavy atom. The molecule has 3 aliphatic rings. The van der Waals surface area contributed by atoms with Crippen LogP contribution in [0.25, 0.3) is 0 Å². The normalized spacial score (nSPS) is 32.3. The zero-order valence-corrected chi connectivity index (χ0v) is 6.69. The molecule has 0 aliphatic heterocycles. The molecule has 12 heavy (non-hydrogen) atoms. The van der Waals surface area contributed by atoms with Gasteiger partial charge < -0.3 is 0 Å². The molecule has 0 aromatic rings. The van der Waals surface area contributed by atoms with Gasteiger partial charge in [-0.15, -0.1) is 0 Å². The van der Waals surface area contributed by atoms with Gasteiger partial charge in [-0.25, -0.2) is 0 Å². The first-order valence-electron chi connectivity index (χ1n) is 4.19. The zero-order valence-electron chi connectivity index (χ0n) is 6.69. The third-order valence-electron chi connectivity index (χ3n) is 2.75. The van der Waals surface area contributed by atoms with Crippen LogP contribution in [-0.2, 0) is 9.59 Å².